The van der Waals surface area contributed by atoms with Crippen LogP contribution in [0.3, 0.4) is 0 Å². The molecule has 1 aliphatic rings. The van der Waals surface area contributed by atoms with E-state index in [2.05, 4.69) is 0 Å². The largest absolute Gasteiger partial charge is 0.479 e. The van der Waals surface area contributed by atoms with Gasteiger partial charge in [0.1, 0.15) is 0 Å². The number of aliphatic carboxylic acids is 1. The van der Waals surface area contributed by atoms with E-state index in [1.165, 1.54) is 0 Å². The Morgan fingerprint density at radius 2 is 2.33 bits per heavy atom. The Hall–Kier alpha value is -0.710. The van der Waals surface area contributed by atoms with Gasteiger partial charge < -0.3 is 9.84 Å². The molecule has 0 radical (unpaired) electrons. The third-order valence-corrected chi connectivity index (χ3v) is 1.98. The summed E-state index contributed by atoms with van der Waals surface area (Å²) in [5.41, 5.74) is -1.62. The molecule has 5 heteroatoms. The first kappa shape index (κ1) is 9.38. The molecule has 1 N–H and O–H groups in total. The fourth-order valence-corrected chi connectivity index (χ4v) is 1.36. The van der Waals surface area contributed by atoms with Crippen LogP contribution in [0.5, 0.6) is 0 Å². The van der Waals surface area contributed by atoms with Crippen molar-refractivity contribution >= 4 is 5.97 Å². The van der Waals surface area contributed by atoms with Crippen LogP contribution in [0.2, 0.25) is 0 Å². The molecule has 0 bridgehead atoms. The van der Waals surface area contributed by atoms with Gasteiger partial charge in [0.2, 0.25) is 6.43 Å². The van der Waals surface area contributed by atoms with E-state index >= 15 is 0 Å². The van der Waals surface area contributed by atoms with Crippen molar-refractivity contribution in [1.82, 2.24) is 0 Å². The minimum atomic E-state index is -2.63. The molecule has 1 aliphatic heterocycles. The van der Waals surface area contributed by atoms with Gasteiger partial charge >= 0.3 is 5.97 Å². The predicted molar refractivity (Wildman–Crippen MR) is 36.2 cm³/mol. The molecule has 1 unspecified atom stereocenters. The molecule has 0 aromatic heterocycles. The van der Waals surface area contributed by atoms with Crippen LogP contribution >= 0.6 is 0 Å². The number of alkyl halides is 2. The van der Waals surface area contributed by atoms with Gasteiger partial charge in [0.25, 0.3) is 0 Å². The molecule has 70 valence electrons. The highest BCUT2D eigenvalue weighted by atomic mass is 19.3. The second-order valence-corrected chi connectivity index (χ2v) is 2.85. The summed E-state index contributed by atoms with van der Waals surface area (Å²) in [6, 6.07) is 0. The molecular weight excluding hydrogens is 170 g/mol. The van der Waals surface area contributed by atoms with Crippen molar-refractivity contribution < 1.29 is 23.4 Å². The zero-order chi connectivity index (χ0) is 9.19. The SMILES string of the molecule is O=C(O)C1(CC(F)F)CCCO1. The topological polar surface area (TPSA) is 46.5 Å². The summed E-state index contributed by atoms with van der Waals surface area (Å²) in [5.74, 6) is -1.28. The molecule has 0 amide bonds. The first-order valence-electron chi connectivity index (χ1n) is 3.72. The van der Waals surface area contributed by atoms with Gasteiger partial charge in [0.15, 0.2) is 5.60 Å². The average Bonchev–Trinajstić information content (AvgIpc) is 2.35. The van der Waals surface area contributed by atoms with Crippen LogP contribution in [-0.2, 0) is 9.53 Å². The lowest BCUT2D eigenvalue weighted by Gasteiger charge is -2.22. The van der Waals surface area contributed by atoms with Gasteiger partial charge in [0.05, 0.1) is 0 Å². The molecule has 1 rings (SSSR count). The third kappa shape index (κ3) is 1.72. The summed E-state index contributed by atoms with van der Waals surface area (Å²) in [5, 5.41) is 8.65. The average molecular weight is 180 g/mol. The summed E-state index contributed by atoms with van der Waals surface area (Å²) in [7, 11) is 0. The van der Waals surface area contributed by atoms with E-state index in [1.54, 1.807) is 0 Å². The Morgan fingerprint density at radius 1 is 1.67 bits per heavy atom. The molecule has 12 heavy (non-hydrogen) atoms. The maximum Gasteiger partial charge on any atom is 0.336 e. The number of hydrogen-bond acceptors (Lipinski definition) is 2. The Labute approximate surface area is 68.3 Å². The normalized spacial score (nSPS) is 29.6. The molecular formula is C7H10F2O3. The zero-order valence-corrected chi connectivity index (χ0v) is 6.43. The Balaban J connectivity index is 2.65. The van der Waals surface area contributed by atoms with Crippen molar-refractivity contribution in [2.75, 3.05) is 6.61 Å². The molecule has 0 aromatic carbocycles. The summed E-state index contributed by atoms with van der Waals surface area (Å²) in [6.07, 6.45) is -2.60. The van der Waals surface area contributed by atoms with Gasteiger partial charge in [-0.05, 0) is 12.8 Å². The number of halogens is 2. The summed E-state index contributed by atoms with van der Waals surface area (Å²) in [4.78, 5) is 10.6. The van der Waals surface area contributed by atoms with Gasteiger partial charge in [-0.15, -0.1) is 0 Å². The first-order valence-corrected chi connectivity index (χ1v) is 3.72. The fraction of sp³-hybridized carbons (Fsp3) is 0.857. The fourth-order valence-electron chi connectivity index (χ4n) is 1.36. The van der Waals surface area contributed by atoms with Crippen LogP contribution in [0.15, 0.2) is 0 Å². The van der Waals surface area contributed by atoms with Crippen molar-refractivity contribution in [2.24, 2.45) is 0 Å². The van der Waals surface area contributed by atoms with Crippen LogP contribution in [-0.4, -0.2) is 29.7 Å². The number of carboxylic acid groups (broad SMARTS) is 1. The lowest BCUT2D eigenvalue weighted by molar-refractivity contribution is -0.164. The Morgan fingerprint density at radius 3 is 2.67 bits per heavy atom. The van der Waals surface area contributed by atoms with Crippen LogP contribution in [0, 0.1) is 0 Å². The van der Waals surface area contributed by atoms with E-state index in [1.807, 2.05) is 0 Å². The number of carboxylic acids is 1. The Bertz CT molecular complexity index is 175. The first-order chi connectivity index (χ1) is 5.57. The summed E-state index contributed by atoms with van der Waals surface area (Å²) < 4.78 is 28.7. The monoisotopic (exact) mass is 180 g/mol. The van der Waals surface area contributed by atoms with E-state index in [9.17, 15) is 13.6 Å². The molecule has 0 aromatic rings. The lowest BCUT2D eigenvalue weighted by Crippen LogP contribution is -2.39. The quantitative estimate of drug-likeness (QED) is 0.711. The Kier molecular flexibility index (Phi) is 2.62. The maximum absolute atomic E-state index is 11.9. The van der Waals surface area contributed by atoms with E-state index in [0.29, 0.717) is 6.42 Å². The van der Waals surface area contributed by atoms with Crippen molar-refractivity contribution in [3.63, 3.8) is 0 Å². The maximum atomic E-state index is 11.9. The standard InChI is InChI=1S/C7H10F2O3/c8-5(9)4-7(6(10)11)2-1-3-12-7/h5H,1-4H2,(H,10,11). The number of ether oxygens (including phenoxy) is 1. The molecule has 0 spiro atoms. The third-order valence-electron chi connectivity index (χ3n) is 1.98. The van der Waals surface area contributed by atoms with Gasteiger partial charge in [0, 0.05) is 13.0 Å². The minimum Gasteiger partial charge on any atom is -0.479 e. The highest BCUT2D eigenvalue weighted by molar-refractivity contribution is 5.77. The van der Waals surface area contributed by atoms with Gasteiger partial charge in [-0.25, -0.2) is 13.6 Å². The molecule has 1 heterocycles. The minimum absolute atomic E-state index is 0.187. The van der Waals surface area contributed by atoms with Crippen molar-refractivity contribution in [3.8, 4) is 0 Å². The van der Waals surface area contributed by atoms with Crippen molar-refractivity contribution in [2.45, 2.75) is 31.3 Å². The highest BCUT2D eigenvalue weighted by Crippen LogP contribution is 2.31. The number of rotatable bonds is 3. The molecule has 1 fully saturated rings. The van der Waals surface area contributed by atoms with Gasteiger partial charge in [-0.3, -0.25) is 0 Å². The highest BCUT2D eigenvalue weighted by Gasteiger charge is 2.45. The van der Waals surface area contributed by atoms with Crippen molar-refractivity contribution in [3.05, 3.63) is 0 Å². The summed E-state index contributed by atoms with van der Waals surface area (Å²) >= 11 is 0. The molecule has 1 atom stereocenters. The molecule has 1 saturated heterocycles. The van der Waals surface area contributed by atoms with Crippen LogP contribution in [0.1, 0.15) is 19.3 Å². The zero-order valence-electron chi connectivity index (χ0n) is 6.43. The second kappa shape index (κ2) is 3.35. The smallest absolute Gasteiger partial charge is 0.336 e. The van der Waals surface area contributed by atoms with E-state index < -0.39 is 24.4 Å². The number of hydrogen-bond donors (Lipinski definition) is 1. The molecule has 3 nitrogen and oxygen atoms in total. The van der Waals surface area contributed by atoms with Crippen LogP contribution < -0.4 is 0 Å². The predicted octanol–water partition coefficient (Wildman–Crippen LogP) is 1.28. The van der Waals surface area contributed by atoms with E-state index in [0.717, 1.165) is 0 Å². The van der Waals surface area contributed by atoms with Crippen LogP contribution in [0.25, 0.3) is 0 Å². The lowest BCUT2D eigenvalue weighted by atomic mass is 9.96. The van der Waals surface area contributed by atoms with E-state index in [4.69, 9.17) is 9.84 Å². The number of carbonyl (C=O) groups is 1. The molecule has 0 aliphatic carbocycles. The molecule has 0 saturated carbocycles. The van der Waals surface area contributed by atoms with Gasteiger partial charge in [-0.2, -0.15) is 0 Å². The van der Waals surface area contributed by atoms with Crippen LogP contribution in [0.4, 0.5) is 8.78 Å². The second-order valence-electron chi connectivity index (χ2n) is 2.85. The van der Waals surface area contributed by atoms with Crippen molar-refractivity contribution in [1.29, 1.82) is 0 Å². The van der Waals surface area contributed by atoms with Gasteiger partial charge in [-0.1, -0.05) is 0 Å². The van der Waals surface area contributed by atoms with E-state index in [-0.39, 0.29) is 13.0 Å². The summed E-state index contributed by atoms with van der Waals surface area (Å²) in [6.45, 7) is 0.263.